The van der Waals surface area contributed by atoms with Gasteiger partial charge in [-0.25, -0.2) is 4.98 Å². The van der Waals surface area contributed by atoms with Gasteiger partial charge in [-0.05, 0) is 35.4 Å². The molecule has 8 heteroatoms. The molecule has 162 valence electrons. The molecule has 1 N–H and O–H groups in total. The van der Waals surface area contributed by atoms with Gasteiger partial charge in [0.25, 0.3) is 0 Å². The fourth-order valence-corrected chi connectivity index (χ4v) is 4.03. The first-order valence-corrected chi connectivity index (χ1v) is 10.4. The number of rotatable bonds is 5. The summed E-state index contributed by atoms with van der Waals surface area (Å²) in [5.74, 6) is -1.23. The molecule has 0 saturated carbocycles. The number of carbonyl (C=O) groups is 1. The second kappa shape index (κ2) is 8.84. The summed E-state index contributed by atoms with van der Waals surface area (Å²) in [7, 11) is 1.62. The van der Waals surface area contributed by atoms with E-state index in [0.717, 1.165) is 32.1 Å². The average Bonchev–Trinajstić information content (AvgIpc) is 3.21. The zero-order valence-corrected chi connectivity index (χ0v) is 17.6. The predicted octanol–water partition coefficient (Wildman–Crippen LogP) is 6.64. The molecule has 0 aliphatic heterocycles. The maximum atomic E-state index is 12.6. The molecule has 0 atom stereocenters. The molecule has 0 unspecified atom stereocenters. The van der Waals surface area contributed by atoms with Gasteiger partial charge in [-0.15, -0.1) is 11.3 Å². The number of benzene rings is 3. The number of alkyl halides is 3. The number of nitrogens with one attached hydrogen (secondary N) is 1. The number of para-hydroxylation sites is 1. The van der Waals surface area contributed by atoms with E-state index in [1.807, 2.05) is 47.8 Å². The maximum Gasteiger partial charge on any atom is 0.471 e. The molecule has 3 aromatic carbocycles. The van der Waals surface area contributed by atoms with E-state index < -0.39 is 12.1 Å². The van der Waals surface area contributed by atoms with Crippen LogP contribution in [0.4, 0.5) is 18.9 Å². The Balaban J connectivity index is 1.53. The maximum absolute atomic E-state index is 12.6. The second-order valence-corrected chi connectivity index (χ2v) is 7.88. The first-order chi connectivity index (χ1) is 15.3. The lowest BCUT2D eigenvalue weighted by Gasteiger charge is -2.10. The number of methoxy groups -OCH3 is 1. The third kappa shape index (κ3) is 4.81. The van der Waals surface area contributed by atoms with Gasteiger partial charge in [0.1, 0.15) is 10.8 Å². The molecule has 0 fully saturated rings. The Kier molecular flexibility index (Phi) is 5.96. The summed E-state index contributed by atoms with van der Waals surface area (Å²) in [4.78, 5) is 15.9. The van der Waals surface area contributed by atoms with Crippen molar-refractivity contribution in [3.63, 3.8) is 0 Å². The summed E-state index contributed by atoms with van der Waals surface area (Å²) in [5, 5.41) is 2.79. The number of aromatic nitrogens is 1. The quantitative estimate of drug-likeness (QED) is 0.344. The van der Waals surface area contributed by atoms with Crippen LogP contribution in [0.3, 0.4) is 0 Å². The standard InChI is InChI=1S/C24H17F3N2O2S/c1-31-18-12-13-20-21(14-18)32-22(28-20)17-10-7-15(8-11-17)6-9-16-4-2-3-5-19(16)29-23(30)24(25,26)27/h2-14H,1H3,(H,29,30). The van der Waals surface area contributed by atoms with Gasteiger partial charge in [-0.3, -0.25) is 4.79 Å². The van der Waals surface area contributed by atoms with Gasteiger partial charge in [-0.1, -0.05) is 54.6 Å². The molecule has 0 bridgehead atoms. The van der Waals surface area contributed by atoms with Crippen molar-refractivity contribution in [2.75, 3.05) is 12.4 Å². The number of carbonyl (C=O) groups excluding carboxylic acids is 1. The number of amides is 1. The van der Waals surface area contributed by atoms with Crippen LogP contribution in [-0.4, -0.2) is 24.2 Å². The number of hydrogen-bond donors (Lipinski definition) is 1. The lowest BCUT2D eigenvalue weighted by molar-refractivity contribution is -0.167. The summed E-state index contributed by atoms with van der Waals surface area (Å²) in [6, 6.07) is 19.7. The van der Waals surface area contributed by atoms with Crippen LogP contribution in [0.2, 0.25) is 0 Å². The predicted molar refractivity (Wildman–Crippen MR) is 122 cm³/mol. The third-order valence-corrected chi connectivity index (χ3v) is 5.74. The number of nitrogens with zero attached hydrogens (tertiary/aromatic N) is 1. The van der Waals surface area contributed by atoms with E-state index in [-0.39, 0.29) is 5.69 Å². The third-order valence-electron chi connectivity index (χ3n) is 4.68. The number of hydrogen-bond acceptors (Lipinski definition) is 4. The highest BCUT2D eigenvalue weighted by molar-refractivity contribution is 7.21. The summed E-state index contributed by atoms with van der Waals surface area (Å²) in [6.07, 6.45) is -1.52. The van der Waals surface area contributed by atoms with Crippen LogP contribution in [0.1, 0.15) is 11.1 Å². The number of thiazole rings is 1. The van der Waals surface area contributed by atoms with Crippen molar-refractivity contribution in [3.05, 3.63) is 77.9 Å². The van der Waals surface area contributed by atoms with Crippen molar-refractivity contribution in [2.45, 2.75) is 6.18 Å². The highest BCUT2D eigenvalue weighted by Gasteiger charge is 2.38. The molecule has 4 rings (SSSR count). The fourth-order valence-electron chi connectivity index (χ4n) is 3.03. The number of fused-ring (bicyclic) bond motifs is 1. The van der Waals surface area contributed by atoms with E-state index in [2.05, 4.69) is 4.98 Å². The van der Waals surface area contributed by atoms with Crippen molar-refractivity contribution in [1.82, 2.24) is 4.98 Å². The molecule has 0 aliphatic rings. The minimum Gasteiger partial charge on any atom is -0.497 e. The van der Waals surface area contributed by atoms with Crippen LogP contribution >= 0.6 is 11.3 Å². The highest BCUT2D eigenvalue weighted by atomic mass is 32.1. The van der Waals surface area contributed by atoms with Gasteiger partial charge in [0, 0.05) is 11.3 Å². The van der Waals surface area contributed by atoms with Gasteiger partial charge in [0.2, 0.25) is 0 Å². The Morgan fingerprint density at radius 3 is 2.50 bits per heavy atom. The van der Waals surface area contributed by atoms with Crippen molar-refractivity contribution < 1.29 is 22.7 Å². The summed E-state index contributed by atoms with van der Waals surface area (Å²) < 4.78 is 44.0. The lowest BCUT2D eigenvalue weighted by Crippen LogP contribution is -2.30. The molecular weight excluding hydrogens is 437 g/mol. The van der Waals surface area contributed by atoms with Crippen molar-refractivity contribution in [3.8, 4) is 16.3 Å². The summed E-state index contributed by atoms with van der Waals surface area (Å²) in [5.41, 5.74) is 3.27. The van der Waals surface area contributed by atoms with E-state index in [0.29, 0.717) is 5.56 Å². The SMILES string of the molecule is COc1ccc2nc(-c3ccc(C=Cc4ccccc4NC(=O)C(F)(F)F)cc3)sc2c1. The minimum atomic E-state index is -4.95. The summed E-state index contributed by atoms with van der Waals surface area (Å²) in [6.45, 7) is 0. The van der Waals surface area contributed by atoms with Crippen LogP contribution in [0.5, 0.6) is 5.75 Å². The fraction of sp³-hybridized carbons (Fsp3) is 0.0833. The largest absolute Gasteiger partial charge is 0.497 e. The highest BCUT2D eigenvalue weighted by Crippen LogP contribution is 2.32. The van der Waals surface area contributed by atoms with Gasteiger partial charge in [-0.2, -0.15) is 13.2 Å². The zero-order valence-electron chi connectivity index (χ0n) is 16.8. The van der Waals surface area contributed by atoms with E-state index in [4.69, 9.17) is 4.74 Å². The summed E-state index contributed by atoms with van der Waals surface area (Å²) >= 11 is 1.56. The average molecular weight is 454 g/mol. The Hall–Kier alpha value is -3.65. The molecule has 0 saturated heterocycles. The topological polar surface area (TPSA) is 51.2 Å². The van der Waals surface area contributed by atoms with Crippen LogP contribution < -0.4 is 10.1 Å². The van der Waals surface area contributed by atoms with E-state index in [9.17, 15) is 18.0 Å². The first kappa shape index (κ1) is 21.6. The first-order valence-electron chi connectivity index (χ1n) is 9.54. The monoisotopic (exact) mass is 454 g/mol. The van der Waals surface area contributed by atoms with Crippen molar-refractivity contribution in [2.24, 2.45) is 0 Å². The molecule has 1 heterocycles. The Bertz CT molecular complexity index is 1290. The van der Waals surface area contributed by atoms with Gasteiger partial charge >= 0.3 is 12.1 Å². The molecule has 1 amide bonds. The normalized spacial score (nSPS) is 11.8. The molecule has 0 aliphatic carbocycles. The molecule has 4 aromatic rings. The van der Waals surface area contributed by atoms with Crippen molar-refractivity contribution >= 4 is 45.3 Å². The number of halogens is 3. The Labute approximate surface area is 186 Å². The molecule has 1 aromatic heterocycles. The molecule has 4 nitrogen and oxygen atoms in total. The molecule has 32 heavy (non-hydrogen) atoms. The lowest BCUT2D eigenvalue weighted by atomic mass is 10.1. The van der Waals surface area contributed by atoms with Gasteiger partial charge in [0.15, 0.2) is 0 Å². The van der Waals surface area contributed by atoms with Gasteiger partial charge in [0.05, 0.1) is 17.3 Å². The van der Waals surface area contributed by atoms with E-state index in [1.54, 1.807) is 48.8 Å². The van der Waals surface area contributed by atoms with Gasteiger partial charge < -0.3 is 10.1 Å². The zero-order chi connectivity index (χ0) is 22.7. The van der Waals surface area contributed by atoms with E-state index >= 15 is 0 Å². The molecule has 0 radical (unpaired) electrons. The van der Waals surface area contributed by atoms with Crippen LogP contribution in [-0.2, 0) is 4.79 Å². The second-order valence-electron chi connectivity index (χ2n) is 6.85. The number of ether oxygens (including phenoxy) is 1. The number of anilines is 1. The molecule has 0 spiro atoms. The van der Waals surface area contributed by atoms with Crippen molar-refractivity contribution in [1.29, 1.82) is 0 Å². The smallest absolute Gasteiger partial charge is 0.471 e. The Morgan fingerprint density at radius 2 is 1.78 bits per heavy atom. The van der Waals surface area contributed by atoms with Crippen LogP contribution in [0.25, 0.3) is 32.9 Å². The van der Waals surface area contributed by atoms with Crippen LogP contribution in [0.15, 0.2) is 66.7 Å². The van der Waals surface area contributed by atoms with E-state index in [1.165, 1.54) is 6.07 Å². The molecular formula is C24H17F3N2O2S. The Morgan fingerprint density at radius 1 is 1.03 bits per heavy atom. The van der Waals surface area contributed by atoms with Crippen LogP contribution in [0, 0.1) is 0 Å². The minimum absolute atomic E-state index is 0.0904.